The fourth-order valence-electron chi connectivity index (χ4n) is 2.87. The second-order valence-electron chi connectivity index (χ2n) is 6.26. The number of hydrogen-bond acceptors (Lipinski definition) is 4. The quantitative estimate of drug-likeness (QED) is 0.609. The number of carboxylic acid groups (broad SMARTS) is 1. The third-order valence-corrected chi connectivity index (χ3v) is 6.34. The summed E-state index contributed by atoms with van der Waals surface area (Å²) < 4.78 is 26.4. The Balaban J connectivity index is 1.71. The summed E-state index contributed by atoms with van der Waals surface area (Å²) in [6, 6.07) is 12.1. The van der Waals surface area contributed by atoms with Gasteiger partial charge in [-0.1, -0.05) is 18.2 Å². The molecular weight excluding hydrogens is 366 g/mol. The lowest BCUT2D eigenvalue weighted by atomic mass is 10.1. The summed E-state index contributed by atoms with van der Waals surface area (Å²) in [4.78, 5) is 23.3. The van der Waals surface area contributed by atoms with Crippen LogP contribution in [-0.4, -0.2) is 42.7 Å². The standard InChI is InChI=1S/C20H19NO5S/c22-19(12-5-15-3-6-17(7-4-15)20(23)24)16-8-10-18(11-9-16)27(25,26)21-13-1-2-14-21/h3-12H,1-2,13-14H2,(H,23,24). The molecule has 140 valence electrons. The summed E-state index contributed by atoms with van der Waals surface area (Å²) in [5.74, 6) is -1.27. The molecule has 2 aromatic carbocycles. The van der Waals surface area contributed by atoms with Crippen molar-refractivity contribution in [3.8, 4) is 0 Å². The Morgan fingerprint density at radius 1 is 0.889 bits per heavy atom. The summed E-state index contributed by atoms with van der Waals surface area (Å²) in [6.07, 6.45) is 4.70. The van der Waals surface area contributed by atoms with E-state index in [1.54, 1.807) is 18.2 Å². The average molecular weight is 385 g/mol. The first-order valence-corrected chi connectivity index (χ1v) is 9.98. The van der Waals surface area contributed by atoms with Crippen LogP contribution in [0.1, 0.15) is 39.1 Å². The maximum Gasteiger partial charge on any atom is 0.335 e. The van der Waals surface area contributed by atoms with Crippen LogP contribution >= 0.6 is 0 Å². The molecule has 1 heterocycles. The molecule has 27 heavy (non-hydrogen) atoms. The number of sulfonamides is 1. The molecule has 0 aliphatic carbocycles. The molecule has 1 N–H and O–H groups in total. The molecule has 1 aliphatic heterocycles. The van der Waals surface area contributed by atoms with Gasteiger partial charge in [0.05, 0.1) is 10.5 Å². The van der Waals surface area contributed by atoms with Crippen molar-refractivity contribution in [1.29, 1.82) is 0 Å². The van der Waals surface area contributed by atoms with Crippen LogP contribution in [0.25, 0.3) is 6.08 Å². The maximum absolute atomic E-state index is 12.5. The molecule has 0 saturated carbocycles. The van der Waals surface area contributed by atoms with Crippen molar-refractivity contribution in [2.75, 3.05) is 13.1 Å². The minimum atomic E-state index is -3.49. The molecule has 1 saturated heterocycles. The Bertz CT molecular complexity index is 970. The SMILES string of the molecule is O=C(O)c1ccc(C=CC(=O)c2ccc(S(=O)(=O)N3CCCC3)cc2)cc1. The van der Waals surface area contributed by atoms with Crippen molar-refractivity contribution >= 4 is 27.9 Å². The molecule has 3 rings (SSSR count). The van der Waals surface area contributed by atoms with Gasteiger partial charge in [0.1, 0.15) is 0 Å². The Kier molecular flexibility index (Phi) is 5.53. The summed E-state index contributed by atoms with van der Waals surface area (Å²) >= 11 is 0. The van der Waals surface area contributed by atoms with Gasteiger partial charge in [-0.3, -0.25) is 4.79 Å². The maximum atomic E-state index is 12.5. The van der Waals surface area contributed by atoms with Crippen LogP contribution in [0, 0.1) is 0 Å². The van der Waals surface area contributed by atoms with Crippen LogP contribution in [0.3, 0.4) is 0 Å². The lowest BCUT2D eigenvalue weighted by molar-refractivity contribution is 0.0696. The van der Waals surface area contributed by atoms with Gasteiger partial charge in [-0.15, -0.1) is 0 Å². The number of ketones is 1. The van der Waals surface area contributed by atoms with Crippen LogP contribution in [0.4, 0.5) is 0 Å². The summed E-state index contributed by atoms with van der Waals surface area (Å²) in [5, 5.41) is 8.87. The molecule has 0 bridgehead atoms. The second kappa shape index (κ2) is 7.85. The van der Waals surface area contributed by atoms with Gasteiger partial charge >= 0.3 is 5.97 Å². The topological polar surface area (TPSA) is 91.7 Å². The van der Waals surface area contributed by atoms with Crippen LogP contribution < -0.4 is 0 Å². The first-order chi connectivity index (χ1) is 12.9. The van der Waals surface area contributed by atoms with E-state index in [0.29, 0.717) is 24.2 Å². The van der Waals surface area contributed by atoms with Gasteiger partial charge in [-0.05, 0) is 60.9 Å². The van der Waals surface area contributed by atoms with E-state index in [-0.39, 0.29) is 16.2 Å². The lowest BCUT2D eigenvalue weighted by Gasteiger charge is -2.15. The van der Waals surface area contributed by atoms with Crippen molar-refractivity contribution in [3.63, 3.8) is 0 Å². The highest BCUT2D eigenvalue weighted by atomic mass is 32.2. The van der Waals surface area contributed by atoms with Crippen molar-refractivity contribution in [3.05, 3.63) is 71.3 Å². The average Bonchev–Trinajstić information content (AvgIpc) is 3.22. The van der Waals surface area contributed by atoms with Crippen LogP contribution in [0.5, 0.6) is 0 Å². The van der Waals surface area contributed by atoms with Gasteiger partial charge in [0, 0.05) is 18.7 Å². The number of carbonyl (C=O) groups is 2. The molecule has 1 aliphatic rings. The minimum absolute atomic E-state index is 0.174. The molecule has 0 aromatic heterocycles. The summed E-state index contributed by atoms with van der Waals surface area (Å²) in [5.41, 5.74) is 1.25. The minimum Gasteiger partial charge on any atom is -0.478 e. The van der Waals surface area contributed by atoms with Gasteiger partial charge in [-0.25, -0.2) is 13.2 Å². The highest BCUT2D eigenvalue weighted by molar-refractivity contribution is 7.89. The number of carbonyl (C=O) groups excluding carboxylic acids is 1. The number of hydrogen-bond donors (Lipinski definition) is 1. The van der Waals surface area contributed by atoms with Crippen LogP contribution in [0.15, 0.2) is 59.5 Å². The van der Waals surface area contributed by atoms with E-state index in [4.69, 9.17) is 5.11 Å². The van der Waals surface area contributed by atoms with E-state index >= 15 is 0 Å². The van der Waals surface area contributed by atoms with E-state index in [1.165, 1.54) is 46.8 Å². The van der Waals surface area contributed by atoms with E-state index < -0.39 is 16.0 Å². The number of aromatic carboxylic acids is 1. The normalized spacial score (nSPS) is 15.3. The number of carboxylic acids is 1. The highest BCUT2D eigenvalue weighted by Gasteiger charge is 2.27. The molecular formula is C20H19NO5S. The van der Waals surface area contributed by atoms with Gasteiger partial charge in [0.25, 0.3) is 0 Å². The Labute approximate surface area is 157 Å². The smallest absolute Gasteiger partial charge is 0.335 e. The molecule has 1 fully saturated rings. The number of benzene rings is 2. The molecule has 0 unspecified atom stereocenters. The molecule has 0 amide bonds. The third kappa shape index (κ3) is 4.32. The predicted octanol–water partition coefficient (Wildman–Crippen LogP) is 3.07. The first-order valence-electron chi connectivity index (χ1n) is 8.54. The van der Waals surface area contributed by atoms with E-state index in [9.17, 15) is 18.0 Å². The lowest BCUT2D eigenvalue weighted by Crippen LogP contribution is -2.27. The van der Waals surface area contributed by atoms with Gasteiger partial charge in [0.15, 0.2) is 5.78 Å². The number of allylic oxidation sites excluding steroid dienone is 1. The van der Waals surface area contributed by atoms with Gasteiger partial charge in [-0.2, -0.15) is 4.31 Å². The van der Waals surface area contributed by atoms with E-state index in [2.05, 4.69) is 0 Å². The van der Waals surface area contributed by atoms with Crippen molar-refractivity contribution in [2.45, 2.75) is 17.7 Å². The Hall–Kier alpha value is -2.77. The third-order valence-electron chi connectivity index (χ3n) is 4.43. The van der Waals surface area contributed by atoms with Gasteiger partial charge in [0.2, 0.25) is 10.0 Å². The van der Waals surface area contributed by atoms with E-state index in [1.807, 2.05) is 0 Å². The molecule has 0 atom stereocenters. The molecule has 6 nitrogen and oxygen atoms in total. The predicted molar refractivity (Wildman–Crippen MR) is 101 cm³/mol. The largest absolute Gasteiger partial charge is 0.478 e. The summed E-state index contributed by atoms with van der Waals surface area (Å²) in [7, 11) is -3.49. The molecule has 0 radical (unpaired) electrons. The zero-order valence-corrected chi connectivity index (χ0v) is 15.4. The van der Waals surface area contributed by atoms with Crippen LogP contribution in [0.2, 0.25) is 0 Å². The molecule has 0 spiro atoms. The zero-order chi connectivity index (χ0) is 19.4. The first kappa shape index (κ1) is 19.0. The Morgan fingerprint density at radius 3 is 2.00 bits per heavy atom. The molecule has 2 aromatic rings. The van der Waals surface area contributed by atoms with Crippen molar-refractivity contribution < 1.29 is 23.1 Å². The van der Waals surface area contributed by atoms with E-state index in [0.717, 1.165) is 12.8 Å². The van der Waals surface area contributed by atoms with Crippen LogP contribution in [-0.2, 0) is 10.0 Å². The number of rotatable bonds is 6. The zero-order valence-electron chi connectivity index (χ0n) is 14.5. The fourth-order valence-corrected chi connectivity index (χ4v) is 4.39. The fraction of sp³-hybridized carbons (Fsp3) is 0.200. The highest BCUT2D eigenvalue weighted by Crippen LogP contribution is 2.21. The summed E-state index contributed by atoms with van der Waals surface area (Å²) in [6.45, 7) is 1.07. The number of nitrogens with zero attached hydrogens (tertiary/aromatic N) is 1. The van der Waals surface area contributed by atoms with Crippen molar-refractivity contribution in [2.24, 2.45) is 0 Å². The Morgan fingerprint density at radius 2 is 1.44 bits per heavy atom. The molecule has 7 heteroatoms. The van der Waals surface area contributed by atoms with Gasteiger partial charge < -0.3 is 5.11 Å². The monoisotopic (exact) mass is 385 g/mol. The second-order valence-corrected chi connectivity index (χ2v) is 8.20. The van der Waals surface area contributed by atoms with Crippen molar-refractivity contribution in [1.82, 2.24) is 4.31 Å².